The molecule has 1 fully saturated rings. The van der Waals surface area contributed by atoms with Crippen molar-refractivity contribution in [1.82, 2.24) is 10.2 Å². The number of likely N-dealkylation sites (tertiary alicyclic amines) is 1. The van der Waals surface area contributed by atoms with Gasteiger partial charge in [0, 0.05) is 25.2 Å². The lowest BCUT2D eigenvalue weighted by atomic mass is 9.98. The standard InChI is InChI=1S/C19H28FN3O3.HI/c1-3-21-19(22-11-14-7-8-17(20)16(10-14)13-24)23-9-5-6-15(12-23)18(25)26-4-2;/h7-8,10,15,24H,3-6,9,11-13H2,1-2H3,(H,21,22);1H. The third kappa shape index (κ3) is 6.91. The molecule has 1 aliphatic rings. The van der Waals surface area contributed by atoms with Gasteiger partial charge in [0.1, 0.15) is 5.82 Å². The van der Waals surface area contributed by atoms with Crippen LogP contribution in [-0.2, 0) is 22.7 Å². The molecular weight excluding hydrogens is 464 g/mol. The van der Waals surface area contributed by atoms with Gasteiger partial charge < -0.3 is 20.1 Å². The first-order valence-electron chi connectivity index (χ1n) is 9.17. The number of nitrogens with one attached hydrogen (secondary N) is 1. The average molecular weight is 493 g/mol. The van der Waals surface area contributed by atoms with E-state index in [-0.39, 0.29) is 48.0 Å². The molecule has 0 aliphatic carbocycles. The molecule has 1 aromatic rings. The minimum atomic E-state index is -0.416. The van der Waals surface area contributed by atoms with Crippen molar-refractivity contribution < 1.29 is 19.0 Å². The van der Waals surface area contributed by atoms with Crippen molar-refractivity contribution in [1.29, 1.82) is 0 Å². The number of hydrogen-bond acceptors (Lipinski definition) is 4. The number of benzene rings is 1. The smallest absolute Gasteiger partial charge is 0.310 e. The number of piperidine rings is 1. The van der Waals surface area contributed by atoms with Gasteiger partial charge in [-0.3, -0.25) is 4.79 Å². The Hall–Kier alpha value is -1.42. The van der Waals surface area contributed by atoms with E-state index >= 15 is 0 Å². The number of guanidine groups is 1. The Bertz CT molecular complexity index is 643. The van der Waals surface area contributed by atoms with E-state index in [0.29, 0.717) is 26.2 Å². The van der Waals surface area contributed by atoms with Crippen LogP contribution in [0.2, 0.25) is 0 Å². The van der Waals surface area contributed by atoms with Gasteiger partial charge in [-0.2, -0.15) is 0 Å². The molecule has 27 heavy (non-hydrogen) atoms. The van der Waals surface area contributed by atoms with Crippen molar-refractivity contribution in [3.05, 3.63) is 35.1 Å². The number of aliphatic hydroxyl groups is 1. The first-order chi connectivity index (χ1) is 12.6. The summed E-state index contributed by atoms with van der Waals surface area (Å²) in [6.07, 6.45) is 1.73. The maximum atomic E-state index is 13.5. The Morgan fingerprint density at radius 2 is 2.22 bits per heavy atom. The second-order valence-corrected chi connectivity index (χ2v) is 6.29. The summed E-state index contributed by atoms with van der Waals surface area (Å²) in [6, 6.07) is 4.64. The van der Waals surface area contributed by atoms with E-state index in [2.05, 4.69) is 15.2 Å². The molecule has 1 saturated heterocycles. The number of esters is 1. The zero-order chi connectivity index (χ0) is 18.9. The molecule has 1 aromatic carbocycles. The van der Waals surface area contributed by atoms with E-state index in [4.69, 9.17) is 4.74 Å². The fourth-order valence-corrected chi connectivity index (χ4v) is 3.06. The van der Waals surface area contributed by atoms with Gasteiger partial charge in [0.15, 0.2) is 5.96 Å². The van der Waals surface area contributed by atoms with Crippen molar-refractivity contribution in [3.63, 3.8) is 0 Å². The highest BCUT2D eigenvalue weighted by Crippen LogP contribution is 2.18. The zero-order valence-corrected chi connectivity index (χ0v) is 18.2. The Kier molecular flexibility index (Phi) is 10.6. The molecule has 0 radical (unpaired) electrons. The van der Waals surface area contributed by atoms with E-state index in [1.807, 2.05) is 13.8 Å². The minimum absolute atomic E-state index is 0. The van der Waals surface area contributed by atoms with Gasteiger partial charge in [-0.05, 0) is 44.4 Å². The highest BCUT2D eigenvalue weighted by atomic mass is 127. The van der Waals surface area contributed by atoms with Gasteiger partial charge in [-0.25, -0.2) is 9.38 Å². The van der Waals surface area contributed by atoms with E-state index in [9.17, 15) is 14.3 Å². The molecule has 152 valence electrons. The second kappa shape index (κ2) is 12.1. The number of aliphatic hydroxyl groups excluding tert-OH is 1. The van der Waals surface area contributed by atoms with Crippen LogP contribution in [0.1, 0.15) is 37.8 Å². The molecule has 2 rings (SSSR count). The van der Waals surface area contributed by atoms with E-state index in [1.54, 1.807) is 12.1 Å². The molecule has 0 saturated carbocycles. The lowest BCUT2D eigenvalue weighted by molar-refractivity contribution is -0.149. The Labute approximate surface area is 177 Å². The third-order valence-electron chi connectivity index (χ3n) is 4.37. The molecule has 0 amide bonds. The summed E-state index contributed by atoms with van der Waals surface area (Å²) in [5.41, 5.74) is 1.09. The van der Waals surface area contributed by atoms with Crippen LogP contribution in [-0.4, -0.2) is 48.2 Å². The van der Waals surface area contributed by atoms with E-state index < -0.39 is 5.82 Å². The monoisotopic (exact) mass is 493 g/mol. The predicted octanol–water partition coefficient (Wildman–Crippen LogP) is 2.68. The van der Waals surface area contributed by atoms with Gasteiger partial charge in [0.2, 0.25) is 0 Å². The SMILES string of the molecule is CCNC(=NCc1ccc(F)c(CO)c1)N1CCCC(C(=O)OCC)C1.I. The molecule has 1 heterocycles. The van der Waals surface area contributed by atoms with Crippen LogP contribution >= 0.6 is 24.0 Å². The van der Waals surface area contributed by atoms with Crippen molar-refractivity contribution in [3.8, 4) is 0 Å². The third-order valence-corrected chi connectivity index (χ3v) is 4.37. The summed E-state index contributed by atoms with van der Waals surface area (Å²) in [4.78, 5) is 18.7. The van der Waals surface area contributed by atoms with E-state index in [0.717, 1.165) is 30.9 Å². The van der Waals surface area contributed by atoms with Crippen molar-refractivity contribution in [2.24, 2.45) is 10.9 Å². The fourth-order valence-electron chi connectivity index (χ4n) is 3.06. The molecular formula is C19H29FIN3O3. The predicted molar refractivity (Wildman–Crippen MR) is 113 cm³/mol. The van der Waals surface area contributed by atoms with Crippen molar-refractivity contribution >= 4 is 35.9 Å². The fraction of sp³-hybridized carbons (Fsp3) is 0.579. The van der Waals surface area contributed by atoms with Crippen molar-refractivity contribution in [2.75, 3.05) is 26.2 Å². The Balaban J connectivity index is 0.00000364. The quantitative estimate of drug-likeness (QED) is 0.276. The first kappa shape index (κ1) is 23.6. The molecule has 0 bridgehead atoms. The van der Waals surface area contributed by atoms with Crippen LogP contribution in [0.5, 0.6) is 0 Å². The Morgan fingerprint density at radius 1 is 1.44 bits per heavy atom. The normalized spacial score (nSPS) is 17.3. The molecule has 8 heteroatoms. The summed E-state index contributed by atoms with van der Waals surface area (Å²) < 4.78 is 18.7. The number of carbonyl (C=O) groups excluding carboxylic acids is 1. The number of rotatable bonds is 6. The summed E-state index contributed by atoms with van der Waals surface area (Å²) in [5, 5.41) is 12.4. The maximum absolute atomic E-state index is 13.5. The lowest BCUT2D eigenvalue weighted by Gasteiger charge is -2.34. The molecule has 2 N–H and O–H groups in total. The molecule has 1 aliphatic heterocycles. The van der Waals surface area contributed by atoms with Gasteiger partial charge in [-0.15, -0.1) is 24.0 Å². The summed E-state index contributed by atoms with van der Waals surface area (Å²) in [6.45, 7) is 6.35. The number of aliphatic imine (C=N–C) groups is 1. The molecule has 6 nitrogen and oxygen atoms in total. The van der Waals surface area contributed by atoms with Crippen LogP contribution in [0, 0.1) is 11.7 Å². The Morgan fingerprint density at radius 3 is 2.89 bits per heavy atom. The minimum Gasteiger partial charge on any atom is -0.466 e. The number of halogens is 2. The highest BCUT2D eigenvalue weighted by Gasteiger charge is 2.28. The van der Waals surface area contributed by atoms with Gasteiger partial charge >= 0.3 is 5.97 Å². The number of carbonyl (C=O) groups is 1. The number of ether oxygens (including phenoxy) is 1. The first-order valence-corrected chi connectivity index (χ1v) is 9.17. The maximum Gasteiger partial charge on any atom is 0.310 e. The van der Waals surface area contributed by atoms with Crippen molar-refractivity contribution in [2.45, 2.75) is 39.8 Å². The lowest BCUT2D eigenvalue weighted by Crippen LogP contribution is -2.48. The van der Waals surface area contributed by atoms with Crippen LogP contribution in [0.3, 0.4) is 0 Å². The molecule has 1 atom stereocenters. The van der Waals surface area contributed by atoms with Gasteiger partial charge in [0.25, 0.3) is 0 Å². The highest BCUT2D eigenvalue weighted by molar-refractivity contribution is 14.0. The van der Waals surface area contributed by atoms with Crippen LogP contribution in [0.4, 0.5) is 4.39 Å². The summed E-state index contributed by atoms with van der Waals surface area (Å²) in [5.74, 6) is 0.0235. The largest absolute Gasteiger partial charge is 0.466 e. The molecule has 0 spiro atoms. The number of nitrogens with zero attached hydrogens (tertiary/aromatic N) is 2. The topological polar surface area (TPSA) is 74.2 Å². The summed E-state index contributed by atoms with van der Waals surface area (Å²) >= 11 is 0. The van der Waals surface area contributed by atoms with Crippen LogP contribution in [0.25, 0.3) is 0 Å². The zero-order valence-electron chi connectivity index (χ0n) is 15.9. The summed E-state index contributed by atoms with van der Waals surface area (Å²) in [7, 11) is 0. The average Bonchev–Trinajstić information content (AvgIpc) is 2.66. The van der Waals surface area contributed by atoms with Gasteiger partial charge in [0.05, 0.1) is 25.7 Å². The molecule has 0 aromatic heterocycles. The molecule has 1 unspecified atom stereocenters. The second-order valence-electron chi connectivity index (χ2n) is 6.29. The number of hydrogen-bond donors (Lipinski definition) is 2. The van der Waals surface area contributed by atoms with Crippen LogP contribution in [0.15, 0.2) is 23.2 Å². The van der Waals surface area contributed by atoms with E-state index in [1.165, 1.54) is 6.07 Å². The van der Waals surface area contributed by atoms with Crippen LogP contribution < -0.4 is 5.32 Å². The van der Waals surface area contributed by atoms with Gasteiger partial charge in [-0.1, -0.05) is 6.07 Å².